The highest BCUT2D eigenvalue weighted by molar-refractivity contribution is 5.83. The highest BCUT2D eigenvalue weighted by Gasteiger charge is 2.23. The van der Waals surface area contributed by atoms with Crippen LogP contribution >= 0.6 is 0 Å². The maximum atomic E-state index is 12.4. The van der Waals surface area contributed by atoms with Gasteiger partial charge >= 0.3 is 0 Å². The van der Waals surface area contributed by atoms with Crippen LogP contribution in [0.5, 0.6) is 0 Å². The van der Waals surface area contributed by atoms with Gasteiger partial charge in [0, 0.05) is 24.9 Å². The number of hydrogen-bond donors (Lipinski definition) is 2. The molecule has 0 aromatic carbocycles. The molecule has 5 nitrogen and oxygen atoms in total. The monoisotopic (exact) mass is 271 g/mol. The maximum absolute atomic E-state index is 12.4. The number of nitrogens with two attached hydrogens (primary N) is 1. The van der Waals surface area contributed by atoms with E-state index in [0.717, 1.165) is 25.7 Å². The fourth-order valence-corrected chi connectivity index (χ4v) is 2.11. The summed E-state index contributed by atoms with van der Waals surface area (Å²) in [5.41, 5.74) is 5.57. The van der Waals surface area contributed by atoms with Crippen molar-refractivity contribution in [2.45, 2.75) is 53.4 Å². The van der Waals surface area contributed by atoms with Crippen LogP contribution in [0.2, 0.25) is 0 Å². The molecule has 0 aliphatic heterocycles. The lowest BCUT2D eigenvalue weighted by Gasteiger charge is -2.28. The van der Waals surface area contributed by atoms with Crippen molar-refractivity contribution in [3.05, 3.63) is 0 Å². The van der Waals surface area contributed by atoms with Gasteiger partial charge in [0.25, 0.3) is 0 Å². The molecule has 0 heterocycles. The van der Waals surface area contributed by atoms with Gasteiger partial charge in [-0.3, -0.25) is 4.79 Å². The summed E-state index contributed by atoms with van der Waals surface area (Å²) >= 11 is 0. The summed E-state index contributed by atoms with van der Waals surface area (Å²) in [6.07, 6.45) is 4.00. The normalized spacial score (nSPS) is 15.1. The van der Waals surface area contributed by atoms with Crippen LogP contribution in [0.1, 0.15) is 53.4 Å². The molecule has 0 fully saturated rings. The van der Waals surface area contributed by atoms with Crippen LogP contribution in [0.4, 0.5) is 0 Å². The fourth-order valence-electron chi connectivity index (χ4n) is 2.11. The lowest BCUT2D eigenvalue weighted by atomic mass is 9.97. The number of oxime groups is 1. The van der Waals surface area contributed by atoms with Crippen molar-refractivity contribution in [2.75, 3.05) is 13.1 Å². The van der Waals surface area contributed by atoms with Crippen molar-refractivity contribution in [2.24, 2.45) is 22.7 Å². The van der Waals surface area contributed by atoms with Gasteiger partial charge in [-0.1, -0.05) is 38.8 Å². The number of hydrogen-bond acceptors (Lipinski definition) is 3. The summed E-state index contributed by atoms with van der Waals surface area (Å²) in [6.45, 7) is 9.17. The van der Waals surface area contributed by atoms with Crippen molar-refractivity contribution in [3.63, 3.8) is 0 Å². The lowest BCUT2D eigenvalue weighted by molar-refractivity contribution is -0.136. The smallest absolute Gasteiger partial charge is 0.225 e. The number of unbranched alkanes of at least 4 members (excludes halogenated alkanes) is 1. The molecule has 2 unspecified atom stereocenters. The van der Waals surface area contributed by atoms with Gasteiger partial charge in [0.1, 0.15) is 5.84 Å². The predicted octanol–water partition coefficient (Wildman–Crippen LogP) is 2.43. The van der Waals surface area contributed by atoms with Crippen molar-refractivity contribution in [1.82, 2.24) is 4.90 Å². The van der Waals surface area contributed by atoms with Crippen LogP contribution < -0.4 is 5.73 Å². The first-order valence-electron chi connectivity index (χ1n) is 7.27. The predicted molar refractivity (Wildman–Crippen MR) is 78.1 cm³/mol. The van der Waals surface area contributed by atoms with Gasteiger partial charge in [-0.25, -0.2) is 0 Å². The van der Waals surface area contributed by atoms with E-state index in [4.69, 9.17) is 10.9 Å². The van der Waals surface area contributed by atoms with Gasteiger partial charge < -0.3 is 15.8 Å². The molecule has 19 heavy (non-hydrogen) atoms. The van der Waals surface area contributed by atoms with E-state index in [1.165, 1.54) is 0 Å². The number of carbonyl (C=O) groups excluding carboxylic acids is 1. The molecular weight excluding hydrogens is 242 g/mol. The Morgan fingerprint density at radius 3 is 2.42 bits per heavy atom. The minimum atomic E-state index is -0.127. The van der Waals surface area contributed by atoms with Crippen LogP contribution in [0.25, 0.3) is 0 Å². The molecule has 5 heteroatoms. The third kappa shape index (κ3) is 5.94. The minimum absolute atomic E-state index is 0.0967. The second kappa shape index (κ2) is 9.64. The molecule has 0 saturated carbocycles. The van der Waals surface area contributed by atoms with Gasteiger partial charge in [-0.2, -0.15) is 0 Å². The first-order chi connectivity index (χ1) is 9.01. The van der Waals surface area contributed by atoms with Crippen LogP contribution in [0, 0.1) is 11.8 Å². The van der Waals surface area contributed by atoms with Crippen molar-refractivity contribution in [3.8, 4) is 0 Å². The van der Waals surface area contributed by atoms with Crippen LogP contribution in [-0.4, -0.2) is 34.9 Å². The van der Waals surface area contributed by atoms with Crippen molar-refractivity contribution >= 4 is 11.7 Å². The van der Waals surface area contributed by atoms with E-state index in [-0.39, 0.29) is 23.6 Å². The number of rotatable bonds is 9. The zero-order valence-corrected chi connectivity index (χ0v) is 12.7. The molecule has 0 saturated heterocycles. The molecule has 0 aliphatic carbocycles. The molecule has 0 rings (SSSR count). The molecule has 0 aliphatic rings. The first-order valence-corrected chi connectivity index (χ1v) is 7.27. The molecule has 3 N–H and O–H groups in total. The zero-order chi connectivity index (χ0) is 14.8. The zero-order valence-electron chi connectivity index (χ0n) is 12.7. The summed E-state index contributed by atoms with van der Waals surface area (Å²) in [7, 11) is 0. The fraction of sp³-hybridized carbons (Fsp3) is 0.857. The molecule has 0 bridgehead atoms. The number of carbonyl (C=O) groups is 1. The van der Waals surface area contributed by atoms with Gasteiger partial charge in [0.05, 0.1) is 0 Å². The Morgan fingerprint density at radius 2 is 2.00 bits per heavy atom. The van der Waals surface area contributed by atoms with Gasteiger partial charge in [0.2, 0.25) is 5.91 Å². The molecule has 0 spiro atoms. The molecule has 0 aromatic heterocycles. The summed E-state index contributed by atoms with van der Waals surface area (Å²) in [5.74, 6) is 0.334. The van der Waals surface area contributed by atoms with E-state index < -0.39 is 0 Å². The van der Waals surface area contributed by atoms with E-state index >= 15 is 0 Å². The van der Waals surface area contributed by atoms with Gasteiger partial charge in [-0.15, -0.1) is 0 Å². The number of nitrogens with zero attached hydrogens (tertiary/aromatic N) is 2. The first kappa shape index (κ1) is 17.7. The van der Waals surface area contributed by atoms with E-state index in [2.05, 4.69) is 19.0 Å². The van der Waals surface area contributed by atoms with Crippen LogP contribution in [-0.2, 0) is 4.79 Å². The molecule has 1 amide bonds. The average Bonchev–Trinajstić information content (AvgIpc) is 2.43. The Kier molecular flexibility index (Phi) is 9.00. The largest absolute Gasteiger partial charge is 0.409 e. The van der Waals surface area contributed by atoms with Crippen molar-refractivity contribution < 1.29 is 10.0 Å². The summed E-state index contributed by atoms with van der Waals surface area (Å²) in [6, 6.07) is 0. The van der Waals surface area contributed by atoms with E-state index in [1.54, 1.807) is 0 Å². The standard InChI is InChI=1S/C14H29N3O2/c1-5-8-9-12(6-2)14(18)17(7-3)10-11(4)13(15)16-19/h11-12,19H,5-10H2,1-4H3,(H2,15,16). The minimum Gasteiger partial charge on any atom is -0.409 e. The maximum Gasteiger partial charge on any atom is 0.225 e. The number of amidine groups is 1. The Bertz CT molecular complexity index is 292. The summed E-state index contributed by atoms with van der Waals surface area (Å²) in [4.78, 5) is 14.3. The summed E-state index contributed by atoms with van der Waals surface area (Å²) < 4.78 is 0. The Hall–Kier alpha value is -1.26. The molecule has 0 radical (unpaired) electrons. The molecule has 112 valence electrons. The van der Waals surface area contributed by atoms with E-state index in [1.807, 2.05) is 18.7 Å². The Morgan fingerprint density at radius 1 is 1.37 bits per heavy atom. The Balaban J connectivity index is 4.60. The SMILES string of the molecule is CCCCC(CC)C(=O)N(CC)CC(C)C(N)=NO. The second-order valence-corrected chi connectivity index (χ2v) is 5.05. The van der Waals surface area contributed by atoms with E-state index in [9.17, 15) is 4.79 Å². The second-order valence-electron chi connectivity index (χ2n) is 5.05. The van der Waals surface area contributed by atoms with Crippen molar-refractivity contribution in [1.29, 1.82) is 0 Å². The van der Waals surface area contributed by atoms with Gasteiger partial charge in [0.15, 0.2) is 0 Å². The lowest BCUT2D eigenvalue weighted by Crippen LogP contribution is -2.41. The highest BCUT2D eigenvalue weighted by Crippen LogP contribution is 2.16. The summed E-state index contributed by atoms with van der Waals surface area (Å²) in [5, 5.41) is 11.7. The third-order valence-electron chi connectivity index (χ3n) is 3.56. The highest BCUT2D eigenvalue weighted by atomic mass is 16.4. The number of amides is 1. The third-order valence-corrected chi connectivity index (χ3v) is 3.56. The quantitative estimate of drug-likeness (QED) is 0.292. The van der Waals surface area contributed by atoms with E-state index in [0.29, 0.717) is 13.1 Å². The van der Waals surface area contributed by atoms with Crippen LogP contribution in [0.3, 0.4) is 0 Å². The van der Waals surface area contributed by atoms with Crippen LogP contribution in [0.15, 0.2) is 5.16 Å². The molecule has 2 atom stereocenters. The van der Waals surface area contributed by atoms with Gasteiger partial charge in [-0.05, 0) is 19.8 Å². The Labute approximate surface area is 116 Å². The molecule has 0 aromatic rings. The topological polar surface area (TPSA) is 78.9 Å². The molecular formula is C14H29N3O2. The average molecular weight is 271 g/mol.